The SMILES string of the molecule is CCc1cc(N[C@H](C)C(F)(F)F)ccc1-c1c(Cl)cnn1CC. The summed E-state index contributed by atoms with van der Waals surface area (Å²) >= 11 is 6.22. The molecule has 1 heterocycles. The Bertz CT molecular complexity index is 680. The number of hydrogen-bond acceptors (Lipinski definition) is 2. The van der Waals surface area contributed by atoms with Crippen LogP contribution in [0, 0.1) is 0 Å². The Morgan fingerprint density at radius 3 is 2.57 bits per heavy atom. The van der Waals surface area contributed by atoms with Gasteiger partial charge in [-0.2, -0.15) is 18.3 Å². The first-order chi connectivity index (χ1) is 10.8. The highest BCUT2D eigenvalue weighted by Gasteiger charge is 2.35. The summed E-state index contributed by atoms with van der Waals surface area (Å²) in [6.45, 7) is 5.68. The van der Waals surface area contributed by atoms with Crippen molar-refractivity contribution in [2.24, 2.45) is 0 Å². The van der Waals surface area contributed by atoms with Crippen molar-refractivity contribution < 1.29 is 13.2 Å². The molecule has 1 aromatic heterocycles. The van der Waals surface area contributed by atoms with Crippen molar-refractivity contribution in [3.63, 3.8) is 0 Å². The van der Waals surface area contributed by atoms with Crippen molar-refractivity contribution in [2.45, 2.75) is 46.0 Å². The molecule has 2 rings (SSSR count). The Morgan fingerprint density at radius 2 is 2.00 bits per heavy atom. The smallest absolute Gasteiger partial charge is 0.374 e. The van der Waals surface area contributed by atoms with Crippen molar-refractivity contribution >= 4 is 17.3 Å². The van der Waals surface area contributed by atoms with E-state index in [-0.39, 0.29) is 0 Å². The predicted molar refractivity (Wildman–Crippen MR) is 86.9 cm³/mol. The molecule has 0 spiro atoms. The van der Waals surface area contributed by atoms with Gasteiger partial charge in [0.25, 0.3) is 0 Å². The van der Waals surface area contributed by atoms with E-state index < -0.39 is 12.2 Å². The molecular formula is C16H19ClF3N3. The summed E-state index contributed by atoms with van der Waals surface area (Å²) in [4.78, 5) is 0. The summed E-state index contributed by atoms with van der Waals surface area (Å²) in [7, 11) is 0. The lowest BCUT2D eigenvalue weighted by molar-refractivity contribution is -0.138. The van der Waals surface area contributed by atoms with Gasteiger partial charge in [0.05, 0.1) is 16.9 Å². The van der Waals surface area contributed by atoms with Gasteiger partial charge in [-0.05, 0) is 38.0 Å². The zero-order valence-corrected chi connectivity index (χ0v) is 14.0. The van der Waals surface area contributed by atoms with Gasteiger partial charge in [0, 0.05) is 17.8 Å². The van der Waals surface area contributed by atoms with Crippen LogP contribution in [0.5, 0.6) is 0 Å². The predicted octanol–water partition coefficient (Wildman–Crippen LogP) is 5.15. The van der Waals surface area contributed by atoms with Gasteiger partial charge in [-0.3, -0.25) is 4.68 Å². The van der Waals surface area contributed by atoms with E-state index in [2.05, 4.69) is 10.4 Å². The maximum Gasteiger partial charge on any atom is 0.408 e. The molecule has 0 aliphatic rings. The largest absolute Gasteiger partial charge is 0.408 e. The van der Waals surface area contributed by atoms with Gasteiger partial charge in [0.1, 0.15) is 6.04 Å². The van der Waals surface area contributed by atoms with Gasteiger partial charge in [-0.1, -0.05) is 24.6 Å². The van der Waals surface area contributed by atoms with Crippen LogP contribution in [0.4, 0.5) is 18.9 Å². The Labute approximate surface area is 138 Å². The molecule has 0 saturated heterocycles. The molecule has 0 radical (unpaired) electrons. The van der Waals surface area contributed by atoms with Crippen molar-refractivity contribution in [3.8, 4) is 11.3 Å². The standard InChI is InChI=1S/C16H19ClF3N3/c1-4-11-8-12(22-10(3)16(18,19)20)6-7-13(11)15-14(17)9-21-23(15)5-2/h6-10,22H,4-5H2,1-3H3/t10-/m1/s1. The first kappa shape index (κ1) is 17.7. The molecule has 7 heteroatoms. The lowest BCUT2D eigenvalue weighted by Gasteiger charge is -2.20. The van der Waals surface area contributed by atoms with Gasteiger partial charge < -0.3 is 5.32 Å². The van der Waals surface area contributed by atoms with Crippen molar-refractivity contribution in [3.05, 3.63) is 35.0 Å². The van der Waals surface area contributed by atoms with Gasteiger partial charge in [-0.15, -0.1) is 0 Å². The topological polar surface area (TPSA) is 29.9 Å². The second-order valence-corrected chi connectivity index (χ2v) is 5.70. The Hall–Kier alpha value is -1.69. The highest BCUT2D eigenvalue weighted by molar-refractivity contribution is 6.33. The molecule has 0 amide bonds. The quantitative estimate of drug-likeness (QED) is 0.812. The fraction of sp³-hybridized carbons (Fsp3) is 0.438. The van der Waals surface area contributed by atoms with Gasteiger partial charge in [0.2, 0.25) is 0 Å². The third-order valence-electron chi connectivity index (χ3n) is 3.71. The van der Waals surface area contributed by atoms with E-state index in [0.717, 1.165) is 23.7 Å². The van der Waals surface area contributed by atoms with E-state index in [9.17, 15) is 13.2 Å². The fourth-order valence-corrected chi connectivity index (χ4v) is 2.65. The second-order valence-electron chi connectivity index (χ2n) is 5.29. The molecule has 0 aliphatic carbocycles. The highest BCUT2D eigenvalue weighted by atomic mass is 35.5. The zero-order chi connectivity index (χ0) is 17.2. The van der Waals surface area contributed by atoms with E-state index in [1.807, 2.05) is 13.8 Å². The minimum Gasteiger partial charge on any atom is -0.374 e. The van der Waals surface area contributed by atoms with Gasteiger partial charge in [-0.25, -0.2) is 0 Å². The first-order valence-electron chi connectivity index (χ1n) is 7.45. The van der Waals surface area contributed by atoms with E-state index >= 15 is 0 Å². The first-order valence-corrected chi connectivity index (χ1v) is 7.83. The van der Waals surface area contributed by atoms with Crippen LogP contribution in [0.1, 0.15) is 26.3 Å². The number of aromatic nitrogens is 2. The lowest BCUT2D eigenvalue weighted by atomic mass is 10.0. The third-order valence-corrected chi connectivity index (χ3v) is 3.99. The molecule has 0 saturated carbocycles. The minimum absolute atomic E-state index is 0.439. The average Bonchev–Trinajstić information content (AvgIpc) is 2.87. The number of aryl methyl sites for hydroxylation is 2. The number of alkyl halides is 3. The normalized spacial score (nSPS) is 13.2. The molecule has 1 atom stereocenters. The van der Waals surface area contributed by atoms with Crippen LogP contribution >= 0.6 is 11.6 Å². The van der Waals surface area contributed by atoms with Crippen LogP contribution in [0.15, 0.2) is 24.4 Å². The molecule has 1 aromatic carbocycles. The summed E-state index contributed by atoms with van der Waals surface area (Å²) in [6, 6.07) is 3.56. The molecule has 0 aliphatic heterocycles. The number of hydrogen-bond donors (Lipinski definition) is 1. The third kappa shape index (κ3) is 3.80. The molecule has 126 valence electrons. The van der Waals surface area contributed by atoms with Gasteiger partial charge >= 0.3 is 6.18 Å². The number of rotatable bonds is 5. The monoisotopic (exact) mass is 345 g/mol. The van der Waals surface area contributed by atoms with Crippen LogP contribution in [-0.4, -0.2) is 22.0 Å². The molecule has 0 fully saturated rings. The van der Waals surface area contributed by atoms with Crippen molar-refractivity contribution in [1.82, 2.24) is 9.78 Å². The Kier molecular flexibility index (Phi) is 5.24. The number of anilines is 1. The average molecular weight is 346 g/mol. The molecule has 3 nitrogen and oxygen atoms in total. The van der Waals surface area contributed by atoms with Crippen LogP contribution in [-0.2, 0) is 13.0 Å². The lowest BCUT2D eigenvalue weighted by Crippen LogP contribution is -2.33. The van der Waals surface area contributed by atoms with Crippen LogP contribution in [0.25, 0.3) is 11.3 Å². The van der Waals surface area contributed by atoms with E-state index in [1.165, 1.54) is 0 Å². The molecule has 2 aromatic rings. The van der Waals surface area contributed by atoms with E-state index in [4.69, 9.17) is 11.6 Å². The van der Waals surface area contributed by atoms with Gasteiger partial charge in [0.15, 0.2) is 0 Å². The number of benzene rings is 1. The maximum atomic E-state index is 12.7. The number of nitrogens with one attached hydrogen (secondary N) is 1. The molecule has 0 unspecified atom stereocenters. The number of nitrogens with zero attached hydrogens (tertiary/aromatic N) is 2. The Morgan fingerprint density at radius 1 is 1.30 bits per heavy atom. The summed E-state index contributed by atoms with van der Waals surface area (Å²) in [6.07, 6.45) is -2.02. The second kappa shape index (κ2) is 6.83. The van der Waals surface area contributed by atoms with Crippen LogP contribution in [0.2, 0.25) is 5.02 Å². The summed E-state index contributed by atoms with van der Waals surface area (Å²) in [5.74, 6) is 0. The molecule has 1 N–H and O–H groups in total. The minimum atomic E-state index is -4.28. The molecular weight excluding hydrogens is 327 g/mol. The van der Waals surface area contributed by atoms with Crippen molar-refractivity contribution in [2.75, 3.05) is 5.32 Å². The van der Waals surface area contributed by atoms with Crippen molar-refractivity contribution in [1.29, 1.82) is 0 Å². The summed E-state index contributed by atoms with van der Waals surface area (Å²) < 4.78 is 39.8. The maximum absolute atomic E-state index is 12.7. The highest BCUT2D eigenvalue weighted by Crippen LogP contribution is 2.33. The zero-order valence-electron chi connectivity index (χ0n) is 13.2. The van der Waals surface area contributed by atoms with E-state index in [0.29, 0.717) is 23.7 Å². The fourth-order valence-electron chi connectivity index (χ4n) is 2.41. The van der Waals surface area contributed by atoms with Crippen LogP contribution < -0.4 is 5.32 Å². The summed E-state index contributed by atoms with van der Waals surface area (Å²) in [5.41, 5.74) is 3.04. The Balaban J connectivity index is 2.39. The molecule has 0 bridgehead atoms. The molecule has 23 heavy (non-hydrogen) atoms. The van der Waals surface area contributed by atoms with Crippen LogP contribution in [0.3, 0.4) is 0 Å². The summed E-state index contributed by atoms with van der Waals surface area (Å²) in [5, 5.41) is 7.23. The number of halogens is 4. The van der Waals surface area contributed by atoms with E-state index in [1.54, 1.807) is 29.1 Å².